The van der Waals surface area contributed by atoms with Crippen molar-refractivity contribution in [3.05, 3.63) is 0 Å². The van der Waals surface area contributed by atoms with Crippen molar-refractivity contribution in [3.63, 3.8) is 0 Å². The van der Waals surface area contributed by atoms with Crippen LogP contribution in [0.2, 0.25) is 0 Å². The molecule has 1 aliphatic rings. The molecule has 1 aliphatic heterocycles. The van der Waals surface area contributed by atoms with E-state index in [1.54, 1.807) is 25.8 Å². The molecule has 2 unspecified atom stereocenters. The molecule has 2 atom stereocenters. The average molecular weight is 249 g/mol. The first-order valence-corrected chi connectivity index (χ1v) is 7.22. The number of sulfone groups is 1. The Labute approximate surface area is 96.4 Å². The van der Waals surface area contributed by atoms with Crippen molar-refractivity contribution >= 4 is 15.8 Å². The highest BCUT2D eigenvalue weighted by atomic mass is 32.2. The van der Waals surface area contributed by atoms with Gasteiger partial charge in [-0.3, -0.25) is 9.69 Å². The molecule has 1 heterocycles. The van der Waals surface area contributed by atoms with Crippen molar-refractivity contribution in [1.82, 2.24) is 4.90 Å². The third kappa shape index (κ3) is 2.38. The van der Waals surface area contributed by atoms with E-state index in [4.69, 9.17) is 0 Å². The van der Waals surface area contributed by atoms with Crippen molar-refractivity contribution in [2.75, 3.05) is 18.6 Å². The Morgan fingerprint density at radius 2 is 2.12 bits per heavy atom. The third-order valence-corrected chi connectivity index (χ3v) is 5.43. The zero-order valence-corrected chi connectivity index (χ0v) is 10.7. The van der Waals surface area contributed by atoms with Gasteiger partial charge in [-0.05, 0) is 26.8 Å². The van der Waals surface area contributed by atoms with E-state index >= 15 is 0 Å². The molecule has 94 valence electrons. The number of rotatable bonds is 4. The van der Waals surface area contributed by atoms with E-state index in [-0.39, 0.29) is 17.5 Å². The van der Waals surface area contributed by atoms with Crippen LogP contribution in [0, 0.1) is 0 Å². The first kappa shape index (κ1) is 13.4. The van der Waals surface area contributed by atoms with E-state index in [1.807, 2.05) is 0 Å². The molecule has 0 aromatic carbocycles. The van der Waals surface area contributed by atoms with Crippen LogP contribution >= 0.6 is 0 Å². The van der Waals surface area contributed by atoms with Gasteiger partial charge in [0, 0.05) is 6.04 Å². The summed E-state index contributed by atoms with van der Waals surface area (Å²) in [6.07, 6.45) is 0.983. The number of carboxylic acid groups (broad SMARTS) is 1. The van der Waals surface area contributed by atoms with Gasteiger partial charge < -0.3 is 5.11 Å². The number of aliphatic carboxylic acids is 1. The second-order valence-corrected chi connectivity index (χ2v) is 6.83. The highest BCUT2D eigenvalue weighted by molar-refractivity contribution is 7.91. The quantitative estimate of drug-likeness (QED) is 0.778. The summed E-state index contributed by atoms with van der Waals surface area (Å²) in [6.45, 7) is 3.44. The van der Waals surface area contributed by atoms with Crippen LogP contribution in [0.3, 0.4) is 0 Å². The van der Waals surface area contributed by atoms with E-state index in [1.165, 1.54) is 0 Å². The van der Waals surface area contributed by atoms with Crippen LogP contribution in [0.25, 0.3) is 0 Å². The number of hydrogen-bond donors (Lipinski definition) is 1. The average Bonchev–Trinajstić information content (AvgIpc) is 2.56. The van der Waals surface area contributed by atoms with E-state index < -0.39 is 21.3 Å². The van der Waals surface area contributed by atoms with Crippen LogP contribution in [-0.4, -0.2) is 54.5 Å². The normalized spacial score (nSPS) is 27.9. The van der Waals surface area contributed by atoms with Crippen molar-refractivity contribution in [2.45, 2.75) is 38.3 Å². The fraction of sp³-hybridized carbons (Fsp3) is 0.900. The molecule has 0 radical (unpaired) electrons. The molecule has 5 nitrogen and oxygen atoms in total. The number of nitrogens with zero attached hydrogens (tertiary/aromatic N) is 1. The first-order valence-electron chi connectivity index (χ1n) is 5.39. The minimum Gasteiger partial charge on any atom is -0.480 e. The lowest BCUT2D eigenvalue weighted by Gasteiger charge is -2.37. The number of hydrogen-bond acceptors (Lipinski definition) is 4. The van der Waals surface area contributed by atoms with E-state index in [9.17, 15) is 18.3 Å². The predicted molar refractivity (Wildman–Crippen MR) is 61.2 cm³/mol. The number of carbonyl (C=O) groups is 1. The highest BCUT2D eigenvalue weighted by Gasteiger charge is 2.42. The van der Waals surface area contributed by atoms with Gasteiger partial charge in [0.05, 0.1) is 11.5 Å². The Balaban J connectivity index is 2.86. The maximum atomic E-state index is 11.4. The summed E-state index contributed by atoms with van der Waals surface area (Å²) in [4.78, 5) is 12.9. The van der Waals surface area contributed by atoms with Crippen LogP contribution in [0.1, 0.15) is 26.7 Å². The smallest absolute Gasteiger partial charge is 0.323 e. The van der Waals surface area contributed by atoms with Crippen LogP contribution in [-0.2, 0) is 14.6 Å². The second-order valence-electron chi connectivity index (χ2n) is 4.60. The minimum atomic E-state index is -2.97. The van der Waals surface area contributed by atoms with E-state index in [2.05, 4.69) is 0 Å². The second kappa shape index (κ2) is 4.33. The van der Waals surface area contributed by atoms with Gasteiger partial charge in [0.25, 0.3) is 0 Å². The number of carboxylic acids is 1. The predicted octanol–water partition coefficient (Wildman–Crippen LogP) is 0.359. The van der Waals surface area contributed by atoms with Gasteiger partial charge >= 0.3 is 5.97 Å². The molecular weight excluding hydrogens is 230 g/mol. The van der Waals surface area contributed by atoms with Gasteiger partial charge in [0.1, 0.15) is 5.54 Å². The SMILES string of the molecule is CCC(C)(C(=O)O)N(C)C1CCS(=O)(=O)C1. The molecule has 0 bridgehead atoms. The monoisotopic (exact) mass is 249 g/mol. The van der Waals surface area contributed by atoms with Crippen molar-refractivity contribution in [3.8, 4) is 0 Å². The summed E-state index contributed by atoms with van der Waals surface area (Å²) in [5, 5.41) is 9.20. The Morgan fingerprint density at radius 3 is 2.44 bits per heavy atom. The summed E-state index contributed by atoms with van der Waals surface area (Å²) in [6, 6.07) is -0.175. The Hall–Kier alpha value is -0.620. The molecule has 6 heteroatoms. The minimum absolute atomic E-state index is 0.0758. The van der Waals surface area contributed by atoms with Gasteiger partial charge in [0.2, 0.25) is 0 Å². The zero-order valence-electron chi connectivity index (χ0n) is 9.93. The van der Waals surface area contributed by atoms with Crippen LogP contribution < -0.4 is 0 Å². The summed E-state index contributed by atoms with van der Waals surface area (Å²) in [5.74, 6) is -0.657. The Kier molecular flexibility index (Phi) is 3.64. The molecule has 1 rings (SSSR count). The molecular formula is C10H19NO4S. The molecule has 0 aromatic heterocycles. The third-order valence-electron chi connectivity index (χ3n) is 3.68. The highest BCUT2D eigenvalue weighted by Crippen LogP contribution is 2.26. The summed E-state index contributed by atoms with van der Waals surface area (Å²) in [7, 11) is -1.27. The lowest BCUT2D eigenvalue weighted by atomic mass is 9.95. The largest absolute Gasteiger partial charge is 0.480 e. The molecule has 0 aliphatic carbocycles. The van der Waals surface area contributed by atoms with E-state index in [0.717, 1.165) is 0 Å². The standard InChI is InChI=1S/C10H19NO4S/c1-4-10(2,9(12)13)11(3)8-5-6-16(14,15)7-8/h8H,4-7H2,1-3H3,(H,12,13). The molecule has 1 N–H and O–H groups in total. The molecule has 16 heavy (non-hydrogen) atoms. The summed E-state index contributed by atoms with van der Waals surface area (Å²) < 4.78 is 22.7. The van der Waals surface area contributed by atoms with Gasteiger partial charge in [0.15, 0.2) is 9.84 Å². The summed E-state index contributed by atoms with van der Waals surface area (Å²) in [5.41, 5.74) is -0.982. The lowest BCUT2D eigenvalue weighted by Crippen LogP contribution is -2.54. The Morgan fingerprint density at radius 1 is 1.56 bits per heavy atom. The zero-order chi connectivity index (χ0) is 12.6. The lowest BCUT2D eigenvalue weighted by molar-refractivity contribution is -0.151. The van der Waals surface area contributed by atoms with Gasteiger partial charge in [-0.15, -0.1) is 0 Å². The Bertz CT molecular complexity index is 378. The molecule has 1 fully saturated rings. The molecule has 0 amide bonds. The molecule has 0 spiro atoms. The fourth-order valence-corrected chi connectivity index (χ4v) is 3.81. The van der Waals surface area contributed by atoms with Crippen molar-refractivity contribution < 1.29 is 18.3 Å². The van der Waals surface area contributed by atoms with Gasteiger partial charge in [-0.25, -0.2) is 8.42 Å². The van der Waals surface area contributed by atoms with Crippen LogP contribution in [0.4, 0.5) is 0 Å². The molecule has 1 saturated heterocycles. The fourth-order valence-electron chi connectivity index (χ4n) is 2.04. The van der Waals surface area contributed by atoms with Gasteiger partial charge in [-0.2, -0.15) is 0 Å². The topological polar surface area (TPSA) is 74.7 Å². The maximum absolute atomic E-state index is 11.4. The molecule has 0 aromatic rings. The number of likely N-dealkylation sites (N-methyl/N-ethyl adjacent to an activating group) is 1. The van der Waals surface area contributed by atoms with Crippen LogP contribution in [0.5, 0.6) is 0 Å². The molecule has 0 saturated carbocycles. The van der Waals surface area contributed by atoms with Crippen LogP contribution in [0.15, 0.2) is 0 Å². The summed E-state index contributed by atoms with van der Waals surface area (Å²) >= 11 is 0. The van der Waals surface area contributed by atoms with E-state index in [0.29, 0.717) is 12.8 Å². The van der Waals surface area contributed by atoms with Crippen molar-refractivity contribution in [2.24, 2.45) is 0 Å². The first-order chi connectivity index (χ1) is 7.23. The van der Waals surface area contributed by atoms with Crippen molar-refractivity contribution in [1.29, 1.82) is 0 Å². The maximum Gasteiger partial charge on any atom is 0.323 e. The van der Waals surface area contributed by atoms with Gasteiger partial charge in [-0.1, -0.05) is 6.92 Å².